The van der Waals surface area contributed by atoms with E-state index in [4.69, 9.17) is 17.0 Å². The summed E-state index contributed by atoms with van der Waals surface area (Å²) in [4.78, 5) is 35.6. The predicted molar refractivity (Wildman–Crippen MR) is 103 cm³/mol. The van der Waals surface area contributed by atoms with Gasteiger partial charge in [-0.25, -0.2) is 4.79 Å². The standard InChI is InChI=1S/C19H24N2O4S/c1-11(22)14-9-12(19(14,2)3)10-16(23)21-18(26)20-15-8-6-5-7-13(15)17(24)25-4/h5-8,12,14H,9-10H2,1-4H3,(H2,20,21,23,26)/t12-,14+/m1/s1. The van der Waals surface area contributed by atoms with E-state index in [0.717, 1.165) is 6.42 Å². The molecule has 2 rings (SSSR count). The number of amides is 1. The topological polar surface area (TPSA) is 84.5 Å². The first-order chi connectivity index (χ1) is 12.2. The van der Waals surface area contributed by atoms with Crippen LogP contribution in [0.2, 0.25) is 0 Å². The minimum absolute atomic E-state index is 0.0114. The van der Waals surface area contributed by atoms with E-state index < -0.39 is 5.97 Å². The van der Waals surface area contributed by atoms with Crippen LogP contribution in [0.4, 0.5) is 5.69 Å². The monoisotopic (exact) mass is 376 g/mol. The lowest BCUT2D eigenvalue weighted by molar-refractivity contribution is -0.140. The van der Waals surface area contributed by atoms with Gasteiger partial charge in [0, 0.05) is 12.3 Å². The zero-order valence-electron chi connectivity index (χ0n) is 15.4. The number of nitrogens with one attached hydrogen (secondary N) is 2. The molecule has 2 N–H and O–H groups in total. The molecule has 1 aliphatic carbocycles. The van der Waals surface area contributed by atoms with Gasteiger partial charge in [0.1, 0.15) is 5.78 Å². The Morgan fingerprint density at radius 3 is 2.50 bits per heavy atom. The summed E-state index contributed by atoms with van der Waals surface area (Å²) in [6.07, 6.45) is 1.03. The van der Waals surface area contributed by atoms with Crippen molar-refractivity contribution in [2.75, 3.05) is 12.4 Å². The molecule has 0 bridgehead atoms. The number of rotatable bonds is 5. The second-order valence-electron chi connectivity index (χ2n) is 7.16. The molecule has 0 radical (unpaired) electrons. The maximum atomic E-state index is 12.3. The lowest BCUT2D eigenvalue weighted by Gasteiger charge is -2.51. The normalized spacial score (nSPS) is 20.5. The number of hydrogen-bond donors (Lipinski definition) is 2. The molecule has 1 aliphatic rings. The van der Waals surface area contributed by atoms with Crippen LogP contribution in [0.3, 0.4) is 0 Å². The number of para-hydroxylation sites is 1. The molecule has 1 amide bonds. The minimum atomic E-state index is -0.492. The highest BCUT2D eigenvalue weighted by Crippen LogP contribution is 2.53. The van der Waals surface area contributed by atoms with Gasteiger partial charge >= 0.3 is 5.97 Å². The van der Waals surface area contributed by atoms with Crippen molar-refractivity contribution in [3.63, 3.8) is 0 Å². The van der Waals surface area contributed by atoms with Gasteiger partial charge in [-0.1, -0.05) is 26.0 Å². The average molecular weight is 376 g/mol. The highest BCUT2D eigenvalue weighted by Gasteiger charge is 2.50. The molecule has 26 heavy (non-hydrogen) atoms. The maximum Gasteiger partial charge on any atom is 0.339 e. The molecule has 140 valence electrons. The van der Waals surface area contributed by atoms with Crippen molar-refractivity contribution in [1.82, 2.24) is 5.32 Å². The van der Waals surface area contributed by atoms with Crippen LogP contribution in [-0.4, -0.2) is 29.9 Å². The van der Waals surface area contributed by atoms with Gasteiger partial charge in [0.15, 0.2) is 5.11 Å². The molecule has 1 aromatic carbocycles. The highest BCUT2D eigenvalue weighted by molar-refractivity contribution is 7.80. The third kappa shape index (κ3) is 4.27. The van der Waals surface area contributed by atoms with E-state index in [9.17, 15) is 14.4 Å². The van der Waals surface area contributed by atoms with Crippen LogP contribution in [0.5, 0.6) is 0 Å². The van der Waals surface area contributed by atoms with Crippen molar-refractivity contribution in [2.45, 2.75) is 33.6 Å². The van der Waals surface area contributed by atoms with Gasteiger partial charge in [0.25, 0.3) is 0 Å². The van der Waals surface area contributed by atoms with Gasteiger partial charge in [-0.15, -0.1) is 0 Å². The van der Waals surface area contributed by atoms with Crippen LogP contribution >= 0.6 is 12.2 Å². The summed E-state index contributed by atoms with van der Waals surface area (Å²) in [5, 5.41) is 5.61. The summed E-state index contributed by atoms with van der Waals surface area (Å²) >= 11 is 5.17. The number of anilines is 1. The third-order valence-corrected chi connectivity index (χ3v) is 5.43. The number of methoxy groups -OCH3 is 1. The lowest BCUT2D eigenvalue weighted by atomic mass is 9.52. The van der Waals surface area contributed by atoms with Gasteiger partial charge < -0.3 is 15.4 Å². The quantitative estimate of drug-likeness (QED) is 0.607. The Bertz CT molecular complexity index is 745. The smallest absolute Gasteiger partial charge is 0.339 e. The molecule has 1 aromatic rings. The molecule has 0 saturated heterocycles. The first kappa shape index (κ1) is 20.0. The molecule has 1 fully saturated rings. The van der Waals surface area contributed by atoms with E-state index >= 15 is 0 Å². The zero-order valence-corrected chi connectivity index (χ0v) is 16.2. The van der Waals surface area contributed by atoms with Crippen LogP contribution in [0.25, 0.3) is 0 Å². The second kappa shape index (κ2) is 7.95. The molecule has 0 heterocycles. The fourth-order valence-electron chi connectivity index (χ4n) is 3.49. The minimum Gasteiger partial charge on any atom is -0.465 e. The predicted octanol–water partition coefficient (Wildman–Crippen LogP) is 2.93. The number of ketones is 1. The van der Waals surface area contributed by atoms with E-state index in [1.54, 1.807) is 31.2 Å². The first-order valence-corrected chi connectivity index (χ1v) is 8.86. The average Bonchev–Trinajstić information content (AvgIpc) is 2.57. The van der Waals surface area contributed by atoms with Gasteiger partial charge in [0.2, 0.25) is 5.91 Å². The Morgan fingerprint density at radius 1 is 1.27 bits per heavy atom. The largest absolute Gasteiger partial charge is 0.465 e. The number of Topliss-reactive ketones (excluding diaryl/α,β-unsaturated/α-hetero) is 1. The number of thiocarbonyl (C=S) groups is 1. The summed E-state index contributed by atoms with van der Waals surface area (Å²) < 4.78 is 4.73. The summed E-state index contributed by atoms with van der Waals surface area (Å²) in [6.45, 7) is 5.63. The van der Waals surface area contributed by atoms with Crippen LogP contribution in [0.15, 0.2) is 24.3 Å². The fraction of sp³-hybridized carbons (Fsp3) is 0.474. The molecule has 0 unspecified atom stereocenters. The van der Waals surface area contributed by atoms with E-state index in [1.165, 1.54) is 7.11 Å². The molecule has 0 aromatic heterocycles. The van der Waals surface area contributed by atoms with E-state index in [-0.39, 0.29) is 34.1 Å². The second-order valence-corrected chi connectivity index (χ2v) is 7.57. The van der Waals surface area contributed by atoms with Crippen molar-refractivity contribution in [1.29, 1.82) is 0 Å². The number of esters is 1. The SMILES string of the molecule is COC(=O)c1ccccc1NC(=S)NC(=O)C[C@H]1C[C@@H](C(C)=O)C1(C)C. The highest BCUT2D eigenvalue weighted by atomic mass is 32.1. The molecular formula is C19H24N2O4S. The third-order valence-electron chi connectivity index (χ3n) is 5.23. The van der Waals surface area contributed by atoms with Crippen molar-refractivity contribution in [2.24, 2.45) is 17.3 Å². The molecule has 7 heteroatoms. The van der Waals surface area contributed by atoms with Gasteiger partial charge in [0.05, 0.1) is 18.4 Å². The number of carbonyl (C=O) groups is 3. The fourth-order valence-corrected chi connectivity index (χ4v) is 3.71. The molecule has 6 nitrogen and oxygen atoms in total. The Morgan fingerprint density at radius 2 is 1.92 bits per heavy atom. The van der Waals surface area contributed by atoms with Crippen LogP contribution in [0.1, 0.15) is 44.0 Å². The Labute approximate surface area is 158 Å². The van der Waals surface area contributed by atoms with Crippen LogP contribution in [0, 0.1) is 17.3 Å². The Kier molecular flexibility index (Phi) is 6.13. The number of ether oxygens (including phenoxy) is 1. The van der Waals surface area contributed by atoms with Crippen molar-refractivity contribution in [3.8, 4) is 0 Å². The summed E-state index contributed by atoms with van der Waals surface area (Å²) in [5.74, 6) is -0.381. The molecule has 2 atom stereocenters. The van der Waals surface area contributed by atoms with E-state index in [2.05, 4.69) is 10.6 Å². The number of hydrogen-bond acceptors (Lipinski definition) is 5. The summed E-state index contributed by atoms with van der Waals surface area (Å²) in [5.41, 5.74) is 0.608. The Balaban J connectivity index is 1.92. The molecule has 1 saturated carbocycles. The van der Waals surface area contributed by atoms with Crippen molar-refractivity contribution < 1.29 is 19.1 Å². The van der Waals surface area contributed by atoms with Crippen molar-refractivity contribution >= 4 is 40.7 Å². The number of benzene rings is 1. The first-order valence-electron chi connectivity index (χ1n) is 8.45. The Hall–Kier alpha value is -2.28. The molecule has 0 spiro atoms. The van der Waals surface area contributed by atoms with Gasteiger partial charge in [-0.05, 0) is 49.0 Å². The molecular weight excluding hydrogens is 352 g/mol. The summed E-state index contributed by atoms with van der Waals surface area (Å²) in [6, 6.07) is 6.75. The van der Waals surface area contributed by atoms with E-state index in [0.29, 0.717) is 17.7 Å². The van der Waals surface area contributed by atoms with Crippen LogP contribution < -0.4 is 10.6 Å². The lowest BCUT2D eigenvalue weighted by Crippen LogP contribution is -2.50. The van der Waals surface area contributed by atoms with E-state index in [1.807, 2.05) is 13.8 Å². The zero-order chi connectivity index (χ0) is 19.5. The van der Waals surface area contributed by atoms with Gasteiger partial charge in [-0.2, -0.15) is 0 Å². The number of carbonyl (C=O) groups excluding carboxylic acids is 3. The van der Waals surface area contributed by atoms with Gasteiger partial charge in [-0.3, -0.25) is 9.59 Å². The maximum absolute atomic E-state index is 12.3. The van der Waals surface area contributed by atoms with Crippen LogP contribution in [-0.2, 0) is 14.3 Å². The summed E-state index contributed by atoms with van der Waals surface area (Å²) in [7, 11) is 1.30. The van der Waals surface area contributed by atoms with Crippen molar-refractivity contribution in [3.05, 3.63) is 29.8 Å². The molecule has 0 aliphatic heterocycles.